The van der Waals surface area contributed by atoms with E-state index in [-0.39, 0.29) is 47.5 Å². The van der Waals surface area contributed by atoms with Gasteiger partial charge in [0.1, 0.15) is 11.5 Å². The summed E-state index contributed by atoms with van der Waals surface area (Å²) in [4.78, 5) is 29.7. The molecule has 2 aromatic carbocycles. The van der Waals surface area contributed by atoms with Crippen LogP contribution in [0.4, 0.5) is 23.2 Å². The molecule has 0 bridgehead atoms. The highest BCUT2D eigenvalue weighted by molar-refractivity contribution is 9.10. The second-order valence-electron chi connectivity index (χ2n) is 8.13. The first-order valence-corrected chi connectivity index (χ1v) is 11.9. The maximum atomic E-state index is 13.5. The summed E-state index contributed by atoms with van der Waals surface area (Å²) in [7, 11) is 1.46. The number of nitrogens with zero attached hydrogens (tertiary/aromatic N) is 3. The molecule has 2 heterocycles. The van der Waals surface area contributed by atoms with Gasteiger partial charge in [-0.1, -0.05) is 28.1 Å². The Labute approximate surface area is 222 Å². The number of amides is 2. The van der Waals surface area contributed by atoms with Gasteiger partial charge in [0.15, 0.2) is 5.69 Å². The number of halogens is 5. The molecule has 0 fully saturated rings. The molecule has 2 aromatic heterocycles. The SMILES string of the molecule is COCCNC(=O)c1nn(Cc2ccc(F)cc2)cc1NC(=O)c1cc(C(F)(F)F)nc2ccc(Br)cc12. The van der Waals surface area contributed by atoms with Crippen molar-refractivity contribution in [3.05, 3.63) is 87.5 Å². The van der Waals surface area contributed by atoms with E-state index < -0.39 is 29.5 Å². The lowest BCUT2D eigenvalue weighted by molar-refractivity contribution is -0.141. The summed E-state index contributed by atoms with van der Waals surface area (Å²) in [5.74, 6) is -1.95. The van der Waals surface area contributed by atoms with E-state index in [1.807, 2.05) is 0 Å². The van der Waals surface area contributed by atoms with Gasteiger partial charge in [0.25, 0.3) is 11.8 Å². The van der Waals surface area contributed by atoms with E-state index in [1.54, 1.807) is 0 Å². The highest BCUT2D eigenvalue weighted by atomic mass is 79.9. The van der Waals surface area contributed by atoms with Crippen LogP contribution in [0, 0.1) is 5.82 Å². The number of rotatable bonds is 8. The molecule has 0 spiro atoms. The van der Waals surface area contributed by atoms with Gasteiger partial charge >= 0.3 is 6.18 Å². The van der Waals surface area contributed by atoms with Gasteiger partial charge in [0, 0.05) is 29.7 Å². The average molecular weight is 594 g/mol. The molecule has 8 nitrogen and oxygen atoms in total. The zero-order valence-corrected chi connectivity index (χ0v) is 21.4. The van der Waals surface area contributed by atoms with Crippen molar-refractivity contribution in [2.75, 3.05) is 25.6 Å². The van der Waals surface area contributed by atoms with Crippen molar-refractivity contribution in [1.29, 1.82) is 0 Å². The molecule has 4 aromatic rings. The molecule has 2 N–H and O–H groups in total. The summed E-state index contributed by atoms with van der Waals surface area (Å²) in [5.41, 5.74) is -1.08. The van der Waals surface area contributed by atoms with E-state index in [1.165, 1.54) is 60.5 Å². The Morgan fingerprint density at radius 1 is 1.08 bits per heavy atom. The van der Waals surface area contributed by atoms with Crippen LogP contribution < -0.4 is 10.6 Å². The van der Waals surface area contributed by atoms with E-state index in [0.717, 1.165) is 0 Å². The van der Waals surface area contributed by atoms with Crippen LogP contribution in [-0.4, -0.2) is 46.8 Å². The van der Waals surface area contributed by atoms with Crippen LogP contribution in [0.5, 0.6) is 0 Å². The van der Waals surface area contributed by atoms with E-state index >= 15 is 0 Å². The summed E-state index contributed by atoms with van der Waals surface area (Å²) in [6, 6.07) is 10.6. The monoisotopic (exact) mass is 593 g/mol. The maximum absolute atomic E-state index is 13.5. The minimum Gasteiger partial charge on any atom is -0.383 e. The third-order valence-electron chi connectivity index (χ3n) is 5.38. The van der Waals surface area contributed by atoms with Crippen molar-refractivity contribution >= 4 is 44.3 Å². The fourth-order valence-corrected chi connectivity index (χ4v) is 3.97. The summed E-state index contributed by atoms with van der Waals surface area (Å²) >= 11 is 3.26. The molecule has 13 heteroatoms. The Hall–Kier alpha value is -3.84. The molecule has 0 aliphatic carbocycles. The Balaban J connectivity index is 1.71. The zero-order chi connectivity index (χ0) is 27.4. The standard InChI is InChI=1S/C25H20BrF4N5O3/c1-38-9-8-31-24(37)22-20(13-35(34-22)12-14-2-5-16(27)6-3-14)33-23(36)18-11-21(25(28,29)30)32-19-7-4-15(26)10-17(18)19/h2-7,10-11,13H,8-9,12H2,1H3,(H,31,37)(H,33,36). The average Bonchev–Trinajstić information content (AvgIpc) is 3.26. The van der Waals surface area contributed by atoms with Crippen LogP contribution in [0.1, 0.15) is 32.1 Å². The van der Waals surface area contributed by atoms with Crippen molar-refractivity contribution in [3.63, 3.8) is 0 Å². The van der Waals surface area contributed by atoms with Crippen LogP contribution >= 0.6 is 15.9 Å². The zero-order valence-electron chi connectivity index (χ0n) is 19.8. The largest absolute Gasteiger partial charge is 0.433 e. The molecule has 0 saturated heterocycles. The maximum Gasteiger partial charge on any atom is 0.433 e. The van der Waals surface area contributed by atoms with Gasteiger partial charge in [-0.25, -0.2) is 9.37 Å². The van der Waals surface area contributed by atoms with Crippen molar-refractivity contribution in [2.24, 2.45) is 0 Å². The second kappa shape index (κ2) is 11.3. The number of ether oxygens (including phenoxy) is 1. The number of alkyl halides is 3. The fourth-order valence-electron chi connectivity index (χ4n) is 3.61. The molecule has 0 saturated carbocycles. The molecular formula is C25H20BrF4N5O3. The van der Waals surface area contributed by atoms with Crippen LogP contribution in [0.15, 0.2) is 59.2 Å². The Morgan fingerprint density at radius 3 is 2.50 bits per heavy atom. The number of pyridine rings is 1. The van der Waals surface area contributed by atoms with Crippen LogP contribution in [0.25, 0.3) is 10.9 Å². The first kappa shape index (κ1) is 27.2. The van der Waals surface area contributed by atoms with Gasteiger partial charge in [-0.15, -0.1) is 0 Å². The summed E-state index contributed by atoms with van der Waals surface area (Å²) in [5, 5.41) is 9.54. The van der Waals surface area contributed by atoms with Gasteiger partial charge < -0.3 is 15.4 Å². The molecule has 0 radical (unpaired) electrons. The van der Waals surface area contributed by atoms with Crippen LogP contribution in [0.2, 0.25) is 0 Å². The first-order chi connectivity index (χ1) is 18.0. The molecule has 0 aliphatic heterocycles. The van der Waals surface area contributed by atoms with Crippen molar-refractivity contribution < 1.29 is 31.9 Å². The van der Waals surface area contributed by atoms with E-state index in [4.69, 9.17) is 4.74 Å². The summed E-state index contributed by atoms with van der Waals surface area (Å²) in [6.07, 6.45) is -3.42. The summed E-state index contributed by atoms with van der Waals surface area (Å²) in [6.45, 7) is 0.519. The number of anilines is 1. The smallest absolute Gasteiger partial charge is 0.383 e. The Morgan fingerprint density at radius 2 is 1.82 bits per heavy atom. The minimum atomic E-state index is -4.79. The summed E-state index contributed by atoms with van der Waals surface area (Å²) < 4.78 is 60.6. The number of hydrogen-bond acceptors (Lipinski definition) is 5. The molecular weight excluding hydrogens is 574 g/mol. The normalized spacial score (nSPS) is 11.5. The third-order valence-corrected chi connectivity index (χ3v) is 5.87. The van der Waals surface area contributed by atoms with E-state index in [2.05, 4.69) is 36.6 Å². The quantitative estimate of drug-likeness (QED) is 0.221. The Kier molecular flexibility index (Phi) is 8.07. The van der Waals surface area contributed by atoms with E-state index in [0.29, 0.717) is 16.1 Å². The van der Waals surface area contributed by atoms with Crippen molar-refractivity contribution in [3.8, 4) is 0 Å². The molecule has 0 aliphatic rings. The molecule has 0 atom stereocenters. The number of hydrogen-bond donors (Lipinski definition) is 2. The number of nitrogens with one attached hydrogen (secondary N) is 2. The topological polar surface area (TPSA) is 98.1 Å². The van der Waals surface area contributed by atoms with Gasteiger partial charge in [-0.3, -0.25) is 14.3 Å². The fraction of sp³-hybridized carbons (Fsp3) is 0.200. The second-order valence-corrected chi connectivity index (χ2v) is 9.05. The highest BCUT2D eigenvalue weighted by Crippen LogP contribution is 2.32. The number of carbonyl (C=O) groups excluding carboxylic acids is 2. The van der Waals surface area contributed by atoms with Gasteiger partial charge in [0.2, 0.25) is 0 Å². The van der Waals surface area contributed by atoms with E-state index in [9.17, 15) is 27.2 Å². The predicted molar refractivity (Wildman–Crippen MR) is 134 cm³/mol. The van der Waals surface area contributed by atoms with Crippen LogP contribution in [0.3, 0.4) is 0 Å². The molecule has 38 heavy (non-hydrogen) atoms. The van der Waals surface area contributed by atoms with Gasteiger partial charge in [-0.2, -0.15) is 18.3 Å². The number of carbonyl (C=O) groups is 2. The lowest BCUT2D eigenvalue weighted by atomic mass is 10.1. The number of fused-ring (bicyclic) bond motifs is 1. The van der Waals surface area contributed by atoms with Gasteiger partial charge in [0.05, 0.1) is 29.9 Å². The highest BCUT2D eigenvalue weighted by Gasteiger charge is 2.34. The molecule has 4 rings (SSSR count). The number of aromatic nitrogens is 3. The minimum absolute atomic E-state index is 0.0273. The Bertz CT molecular complexity index is 1490. The first-order valence-electron chi connectivity index (χ1n) is 11.1. The lowest BCUT2D eigenvalue weighted by Gasteiger charge is -2.12. The molecule has 0 unspecified atom stereocenters. The van der Waals surface area contributed by atoms with Gasteiger partial charge in [-0.05, 0) is 42.0 Å². The molecule has 198 valence electrons. The van der Waals surface area contributed by atoms with Crippen molar-refractivity contribution in [2.45, 2.75) is 12.7 Å². The number of methoxy groups -OCH3 is 1. The lowest BCUT2D eigenvalue weighted by Crippen LogP contribution is -2.28. The van der Waals surface area contributed by atoms with Crippen molar-refractivity contribution in [1.82, 2.24) is 20.1 Å². The van der Waals surface area contributed by atoms with Crippen LogP contribution in [-0.2, 0) is 17.5 Å². The molecule has 2 amide bonds. The number of benzene rings is 2. The predicted octanol–water partition coefficient (Wildman–Crippen LogP) is 5.03. The third kappa shape index (κ3) is 6.34.